The minimum Gasteiger partial charge on any atom is -0.487 e. The van der Waals surface area contributed by atoms with Crippen molar-refractivity contribution in [2.24, 2.45) is 4.99 Å². The minimum absolute atomic E-state index is 0.146. The zero-order valence-corrected chi connectivity index (χ0v) is 17.9. The normalized spacial score (nSPS) is 9.73. The summed E-state index contributed by atoms with van der Waals surface area (Å²) in [5.41, 5.74) is 3.96. The highest BCUT2D eigenvalue weighted by Gasteiger charge is 2.07. The molecule has 0 saturated heterocycles. The van der Waals surface area contributed by atoms with E-state index >= 15 is 0 Å². The van der Waals surface area contributed by atoms with E-state index in [1.165, 1.54) is 0 Å². The number of ether oxygens (including phenoxy) is 1. The van der Waals surface area contributed by atoms with Crippen LogP contribution < -0.4 is 15.0 Å². The fourth-order valence-electron chi connectivity index (χ4n) is 2.57. The number of amides is 1. The number of hydrogen-bond acceptors (Lipinski definition) is 5. The van der Waals surface area contributed by atoms with Crippen LogP contribution in [0.15, 0.2) is 72.0 Å². The summed E-state index contributed by atoms with van der Waals surface area (Å²) in [6, 6.07) is 16.7. The highest BCUT2D eigenvalue weighted by atomic mass is 16.5. The Bertz CT molecular complexity index is 952. The smallest absolute Gasteiger partial charge is 0.255 e. The quantitative estimate of drug-likeness (QED) is 0.540. The molecule has 0 fully saturated rings. The van der Waals surface area contributed by atoms with Gasteiger partial charge in [-0.2, -0.15) is 0 Å². The molecule has 0 aliphatic rings. The third kappa shape index (κ3) is 6.17. The highest BCUT2D eigenvalue weighted by molar-refractivity contribution is 6.04. The van der Waals surface area contributed by atoms with Crippen molar-refractivity contribution in [3.05, 3.63) is 78.1 Å². The molecule has 3 rings (SSSR count). The van der Waals surface area contributed by atoms with Crippen molar-refractivity contribution in [3.8, 4) is 5.75 Å². The second-order valence-corrected chi connectivity index (χ2v) is 6.38. The molecule has 1 N–H and O–H groups in total. The zero-order chi connectivity index (χ0) is 21.9. The van der Waals surface area contributed by atoms with Crippen molar-refractivity contribution in [1.29, 1.82) is 0 Å². The summed E-state index contributed by atoms with van der Waals surface area (Å²) in [7, 11) is 3.92. The molecule has 6 heteroatoms. The molecule has 1 amide bonds. The molecule has 0 aliphatic heterocycles. The number of carbonyl (C=O) groups excluding carboxylic acids is 1. The number of hydrogen-bond donors (Lipinski definition) is 1. The van der Waals surface area contributed by atoms with Crippen LogP contribution >= 0.6 is 0 Å². The Morgan fingerprint density at radius 1 is 1.07 bits per heavy atom. The average molecular weight is 405 g/mol. The van der Waals surface area contributed by atoms with Gasteiger partial charge < -0.3 is 15.0 Å². The Kier molecular flexibility index (Phi) is 8.56. The number of benzene rings is 2. The lowest BCUT2D eigenvalue weighted by molar-refractivity contribution is 0.102. The molecule has 0 atom stereocenters. The first-order valence-electron chi connectivity index (χ1n) is 9.78. The Hall–Kier alpha value is -3.67. The molecule has 0 bridgehead atoms. The summed E-state index contributed by atoms with van der Waals surface area (Å²) in [5, 5.41) is 2.90. The number of aliphatic imine (C=N–C) groups is 1. The predicted octanol–water partition coefficient (Wildman–Crippen LogP) is 5.34. The van der Waals surface area contributed by atoms with Crippen LogP contribution in [0.4, 0.5) is 17.1 Å². The van der Waals surface area contributed by atoms with E-state index in [1.807, 2.05) is 81.4 Å². The third-order valence-corrected chi connectivity index (χ3v) is 4.18. The lowest BCUT2D eigenvalue weighted by Crippen LogP contribution is -2.13. The Labute approximate surface area is 178 Å². The van der Waals surface area contributed by atoms with E-state index in [9.17, 15) is 4.79 Å². The molecule has 0 saturated carbocycles. The Morgan fingerprint density at radius 2 is 1.73 bits per heavy atom. The monoisotopic (exact) mass is 404 g/mol. The van der Waals surface area contributed by atoms with E-state index in [-0.39, 0.29) is 5.91 Å². The van der Waals surface area contributed by atoms with Crippen LogP contribution in [-0.2, 0) is 6.61 Å². The molecule has 0 unspecified atom stereocenters. The summed E-state index contributed by atoms with van der Waals surface area (Å²) in [5.74, 6) is 0.483. The van der Waals surface area contributed by atoms with Gasteiger partial charge >= 0.3 is 0 Å². The second-order valence-electron chi connectivity index (χ2n) is 6.38. The van der Waals surface area contributed by atoms with Crippen LogP contribution in [0.1, 0.15) is 29.8 Å². The van der Waals surface area contributed by atoms with E-state index in [0.717, 1.165) is 16.9 Å². The maximum atomic E-state index is 12.4. The predicted molar refractivity (Wildman–Crippen MR) is 124 cm³/mol. The maximum absolute atomic E-state index is 12.4. The van der Waals surface area contributed by atoms with E-state index in [4.69, 9.17) is 4.74 Å². The van der Waals surface area contributed by atoms with Gasteiger partial charge in [0.25, 0.3) is 5.91 Å². The van der Waals surface area contributed by atoms with E-state index in [0.29, 0.717) is 23.6 Å². The van der Waals surface area contributed by atoms with Gasteiger partial charge in [0.2, 0.25) is 0 Å². The minimum atomic E-state index is -0.146. The molecular formula is C24H28N4O2. The molecular weight excluding hydrogens is 376 g/mol. The molecule has 3 aromatic rings. The van der Waals surface area contributed by atoms with Gasteiger partial charge in [0.05, 0.1) is 6.20 Å². The fraction of sp³-hybridized carbons (Fsp3) is 0.208. The van der Waals surface area contributed by atoms with Crippen LogP contribution in [0.25, 0.3) is 0 Å². The molecule has 1 aromatic heterocycles. The molecule has 30 heavy (non-hydrogen) atoms. The van der Waals surface area contributed by atoms with Crippen molar-refractivity contribution in [2.45, 2.75) is 20.5 Å². The maximum Gasteiger partial charge on any atom is 0.255 e. The average Bonchev–Trinajstić information content (AvgIpc) is 2.80. The Morgan fingerprint density at radius 3 is 2.33 bits per heavy atom. The number of nitrogens with zero attached hydrogens (tertiary/aromatic N) is 3. The third-order valence-electron chi connectivity index (χ3n) is 4.18. The largest absolute Gasteiger partial charge is 0.487 e. The SMILES string of the molecule is C=Nc1cnccc1OCc1ccc(NC(=O)c2ccc(N(C)C)cc2)cc1.CC. The number of aromatic nitrogens is 1. The second kappa shape index (κ2) is 11.4. The van der Waals surface area contributed by atoms with Crippen LogP contribution in [0.2, 0.25) is 0 Å². The summed E-state index contributed by atoms with van der Waals surface area (Å²) < 4.78 is 5.77. The van der Waals surface area contributed by atoms with Gasteiger partial charge in [0.1, 0.15) is 18.0 Å². The first-order valence-corrected chi connectivity index (χ1v) is 9.78. The first-order chi connectivity index (χ1) is 14.6. The highest BCUT2D eigenvalue weighted by Crippen LogP contribution is 2.26. The van der Waals surface area contributed by atoms with Crippen LogP contribution in [0.3, 0.4) is 0 Å². The number of nitrogens with one attached hydrogen (secondary N) is 1. The van der Waals surface area contributed by atoms with Gasteiger partial charge in [0, 0.05) is 43.3 Å². The fourth-order valence-corrected chi connectivity index (χ4v) is 2.57. The summed E-state index contributed by atoms with van der Waals surface area (Å²) >= 11 is 0. The number of carbonyl (C=O) groups is 1. The van der Waals surface area contributed by atoms with Crippen LogP contribution in [0, 0.1) is 0 Å². The number of anilines is 2. The van der Waals surface area contributed by atoms with Crippen molar-refractivity contribution in [1.82, 2.24) is 4.98 Å². The van der Waals surface area contributed by atoms with E-state index in [1.54, 1.807) is 18.5 Å². The number of rotatable bonds is 7. The van der Waals surface area contributed by atoms with Crippen molar-refractivity contribution < 1.29 is 9.53 Å². The lowest BCUT2D eigenvalue weighted by Gasteiger charge is -2.13. The lowest BCUT2D eigenvalue weighted by atomic mass is 10.1. The summed E-state index contributed by atoms with van der Waals surface area (Å²) in [6.45, 7) is 7.89. The topological polar surface area (TPSA) is 66.8 Å². The first kappa shape index (κ1) is 22.6. The van der Waals surface area contributed by atoms with Crippen LogP contribution in [-0.4, -0.2) is 31.7 Å². The molecule has 156 valence electrons. The van der Waals surface area contributed by atoms with Gasteiger partial charge in [-0.25, -0.2) is 0 Å². The van der Waals surface area contributed by atoms with Gasteiger partial charge in [-0.05, 0) is 48.7 Å². The van der Waals surface area contributed by atoms with Crippen molar-refractivity contribution in [2.75, 3.05) is 24.3 Å². The van der Waals surface area contributed by atoms with E-state index < -0.39 is 0 Å². The number of pyridine rings is 1. The van der Waals surface area contributed by atoms with Gasteiger partial charge in [0.15, 0.2) is 0 Å². The molecule has 6 nitrogen and oxygen atoms in total. The van der Waals surface area contributed by atoms with Gasteiger partial charge in [-0.1, -0.05) is 26.0 Å². The standard InChI is InChI=1S/C22H22N4O2.C2H6/c1-23-20-14-24-13-12-21(20)28-15-16-4-8-18(9-5-16)25-22(27)17-6-10-19(11-7-17)26(2)3;1-2/h4-14H,1,15H2,2-3H3,(H,25,27);1-2H3. The molecule has 0 radical (unpaired) electrons. The van der Waals surface area contributed by atoms with E-state index in [2.05, 4.69) is 22.0 Å². The van der Waals surface area contributed by atoms with Crippen molar-refractivity contribution in [3.63, 3.8) is 0 Å². The molecule has 2 aromatic carbocycles. The summed E-state index contributed by atoms with van der Waals surface area (Å²) in [4.78, 5) is 22.3. The van der Waals surface area contributed by atoms with Crippen LogP contribution in [0.5, 0.6) is 5.75 Å². The van der Waals surface area contributed by atoms with Gasteiger partial charge in [-0.3, -0.25) is 14.8 Å². The summed E-state index contributed by atoms with van der Waals surface area (Å²) in [6.07, 6.45) is 3.25. The van der Waals surface area contributed by atoms with Crippen molar-refractivity contribution >= 4 is 29.7 Å². The molecule has 1 heterocycles. The Balaban J connectivity index is 0.00000155. The zero-order valence-electron chi connectivity index (χ0n) is 17.9. The van der Waals surface area contributed by atoms with Gasteiger partial charge in [-0.15, -0.1) is 0 Å². The molecule has 0 aliphatic carbocycles. The molecule has 0 spiro atoms.